The van der Waals surface area contributed by atoms with E-state index in [4.69, 9.17) is 4.74 Å². The van der Waals surface area contributed by atoms with E-state index < -0.39 is 12.0 Å². The summed E-state index contributed by atoms with van der Waals surface area (Å²) >= 11 is 1.37. The zero-order valence-corrected chi connectivity index (χ0v) is 13.2. The maximum atomic E-state index is 12.9. The van der Waals surface area contributed by atoms with E-state index in [2.05, 4.69) is 4.98 Å². The van der Waals surface area contributed by atoms with Gasteiger partial charge in [-0.1, -0.05) is 25.1 Å². The summed E-state index contributed by atoms with van der Waals surface area (Å²) in [6.45, 7) is 2.00. The van der Waals surface area contributed by atoms with Gasteiger partial charge in [0.15, 0.2) is 0 Å². The van der Waals surface area contributed by atoms with Gasteiger partial charge in [-0.05, 0) is 18.1 Å². The van der Waals surface area contributed by atoms with Crippen molar-refractivity contribution in [2.24, 2.45) is 0 Å². The van der Waals surface area contributed by atoms with Crippen LogP contribution in [-0.2, 0) is 22.4 Å². The lowest BCUT2D eigenvalue weighted by atomic mass is 10.1. The highest BCUT2D eigenvalue weighted by molar-refractivity contribution is 7.13. The normalized spacial score (nSPS) is 16.5. The van der Waals surface area contributed by atoms with Crippen molar-refractivity contribution >= 4 is 28.9 Å². The molecule has 0 bridgehead atoms. The number of thiazole rings is 1. The van der Waals surface area contributed by atoms with Gasteiger partial charge in [-0.25, -0.2) is 9.78 Å². The summed E-state index contributed by atoms with van der Waals surface area (Å²) in [6, 6.07) is 6.95. The largest absolute Gasteiger partial charge is 0.467 e. The molecule has 1 aliphatic rings. The number of aryl methyl sites for hydroxylation is 1. The first-order valence-electron chi connectivity index (χ1n) is 7.09. The van der Waals surface area contributed by atoms with Gasteiger partial charge in [-0.2, -0.15) is 0 Å². The fourth-order valence-electron chi connectivity index (χ4n) is 2.65. The van der Waals surface area contributed by atoms with Gasteiger partial charge in [0.25, 0.3) is 5.91 Å². The monoisotopic (exact) mass is 316 g/mol. The first-order valence-corrected chi connectivity index (χ1v) is 7.91. The van der Waals surface area contributed by atoms with Crippen LogP contribution in [-0.4, -0.2) is 30.0 Å². The molecule has 0 aliphatic carbocycles. The molecule has 22 heavy (non-hydrogen) atoms. The van der Waals surface area contributed by atoms with Crippen LogP contribution in [0.1, 0.15) is 27.2 Å². The number of hydrogen-bond donors (Lipinski definition) is 0. The second-order valence-electron chi connectivity index (χ2n) is 5.02. The highest BCUT2D eigenvalue weighted by Gasteiger charge is 2.39. The average molecular weight is 316 g/mol. The number of carbonyl (C=O) groups excluding carboxylic acids is 2. The van der Waals surface area contributed by atoms with Crippen LogP contribution in [0, 0.1) is 0 Å². The lowest BCUT2D eigenvalue weighted by Crippen LogP contribution is -2.43. The number of ether oxygens (including phenoxy) is 1. The third-order valence-electron chi connectivity index (χ3n) is 3.73. The molecule has 0 saturated carbocycles. The summed E-state index contributed by atoms with van der Waals surface area (Å²) in [6.07, 6.45) is 2.85. The summed E-state index contributed by atoms with van der Waals surface area (Å²) in [5.74, 6) is -0.595. The van der Waals surface area contributed by atoms with Crippen LogP contribution in [0.3, 0.4) is 0 Å². The number of nitrogens with zero attached hydrogens (tertiary/aromatic N) is 2. The minimum absolute atomic E-state index is 0.197. The third kappa shape index (κ3) is 2.39. The van der Waals surface area contributed by atoms with E-state index in [0.29, 0.717) is 11.3 Å². The highest BCUT2D eigenvalue weighted by atomic mass is 32.1. The second-order valence-corrected chi connectivity index (χ2v) is 6.13. The molecular formula is C16H16N2O3S. The Labute approximate surface area is 132 Å². The number of benzene rings is 1. The van der Waals surface area contributed by atoms with E-state index in [1.54, 1.807) is 6.20 Å². The Morgan fingerprint density at radius 3 is 2.86 bits per heavy atom. The lowest BCUT2D eigenvalue weighted by Gasteiger charge is -2.22. The van der Waals surface area contributed by atoms with E-state index in [9.17, 15) is 9.59 Å². The highest BCUT2D eigenvalue weighted by Crippen LogP contribution is 2.34. The second kappa shape index (κ2) is 5.88. The fraction of sp³-hybridized carbons (Fsp3) is 0.312. The number of rotatable bonds is 3. The molecule has 1 aromatic carbocycles. The molecule has 1 unspecified atom stereocenters. The number of fused-ring (bicyclic) bond motifs is 1. The van der Waals surface area contributed by atoms with Crippen LogP contribution in [0.25, 0.3) is 0 Å². The molecule has 2 heterocycles. The van der Waals surface area contributed by atoms with E-state index in [-0.39, 0.29) is 5.91 Å². The van der Waals surface area contributed by atoms with E-state index >= 15 is 0 Å². The number of para-hydroxylation sites is 1. The Kier molecular flexibility index (Phi) is 3.94. The third-order valence-corrected chi connectivity index (χ3v) is 4.86. The molecule has 0 spiro atoms. The van der Waals surface area contributed by atoms with Gasteiger partial charge in [0, 0.05) is 12.1 Å². The minimum atomic E-state index is -0.609. The molecular weight excluding hydrogens is 300 g/mol. The summed E-state index contributed by atoms with van der Waals surface area (Å²) in [7, 11) is 1.34. The Bertz CT molecular complexity index is 726. The van der Waals surface area contributed by atoms with Crippen LogP contribution in [0.4, 0.5) is 5.69 Å². The van der Waals surface area contributed by atoms with Crippen molar-refractivity contribution < 1.29 is 14.3 Å². The minimum Gasteiger partial charge on any atom is -0.467 e. The van der Waals surface area contributed by atoms with Crippen LogP contribution in [0.2, 0.25) is 0 Å². The first kappa shape index (κ1) is 14.7. The molecule has 5 nitrogen and oxygen atoms in total. The van der Waals surface area contributed by atoms with Gasteiger partial charge in [0.2, 0.25) is 0 Å². The smallest absolute Gasteiger partial charge is 0.329 e. The summed E-state index contributed by atoms with van der Waals surface area (Å²) in [5.41, 5.74) is 1.75. The first-order chi connectivity index (χ1) is 10.7. The van der Waals surface area contributed by atoms with Crippen LogP contribution in [0.15, 0.2) is 30.5 Å². The lowest BCUT2D eigenvalue weighted by molar-refractivity contribution is -0.141. The molecule has 1 amide bonds. The standard InChI is InChI=1S/C16H16N2O3S/c1-3-14-17-9-13(22-14)15(19)18-11-7-5-4-6-10(11)8-12(18)16(20)21-2/h4-7,9,12H,3,8H2,1-2H3. The molecule has 1 atom stereocenters. The Hall–Kier alpha value is -2.21. The number of anilines is 1. The molecule has 114 valence electrons. The van der Waals surface area contributed by atoms with E-state index in [1.165, 1.54) is 23.3 Å². The van der Waals surface area contributed by atoms with Crippen LogP contribution in [0.5, 0.6) is 0 Å². The summed E-state index contributed by atoms with van der Waals surface area (Å²) in [4.78, 5) is 31.2. The molecule has 0 radical (unpaired) electrons. The van der Waals surface area contributed by atoms with Crippen molar-refractivity contribution in [3.05, 3.63) is 45.9 Å². The topological polar surface area (TPSA) is 59.5 Å². The van der Waals surface area contributed by atoms with Crippen LogP contribution >= 0.6 is 11.3 Å². The Morgan fingerprint density at radius 1 is 1.41 bits per heavy atom. The number of methoxy groups -OCH3 is 1. The van der Waals surface area contributed by atoms with Crippen molar-refractivity contribution in [2.75, 3.05) is 12.0 Å². The summed E-state index contributed by atoms with van der Waals surface area (Å²) < 4.78 is 4.86. The number of carbonyl (C=O) groups is 2. The van der Waals surface area contributed by atoms with E-state index in [1.807, 2.05) is 31.2 Å². The number of esters is 1. The maximum absolute atomic E-state index is 12.9. The zero-order valence-electron chi connectivity index (χ0n) is 12.4. The van der Waals surface area contributed by atoms with Crippen molar-refractivity contribution in [3.8, 4) is 0 Å². The number of hydrogen-bond acceptors (Lipinski definition) is 5. The van der Waals surface area contributed by atoms with Gasteiger partial charge >= 0.3 is 5.97 Å². The predicted octanol–water partition coefficient (Wildman–Crippen LogP) is 2.45. The van der Waals surface area contributed by atoms with Crippen molar-refractivity contribution in [2.45, 2.75) is 25.8 Å². The van der Waals surface area contributed by atoms with Gasteiger partial charge in [-0.15, -0.1) is 11.3 Å². The SMILES string of the molecule is CCc1ncc(C(=O)N2c3ccccc3CC2C(=O)OC)s1. The number of aromatic nitrogens is 1. The molecule has 0 N–H and O–H groups in total. The van der Waals surface area contributed by atoms with Crippen LogP contribution < -0.4 is 4.90 Å². The molecule has 6 heteroatoms. The van der Waals surface area contributed by atoms with Gasteiger partial charge in [0.1, 0.15) is 10.9 Å². The Morgan fingerprint density at radius 2 is 2.18 bits per heavy atom. The maximum Gasteiger partial charge on any atom is 0.329 e. The predicted molar refractivity (Wildman–Crippen MR) is 84.3 cm³/mol. The molecule has 0 saturated heterocycles. The molecule has 2 aromatic rings. The van der Waals surface area contributed by atoms with E-state index in [0.717, 1.165) is 22.7 Å². The zero-order chi connectivity index (χ0) is 15.7. The molecule has 1 aliphatic heterocycles. The van der Waals surface area contributed by atoms with Gasteiger partial charge < -0.3 is 4.74 Å². The van der Waals surface area contributed by atoms with Gasteiger partial charge in [0.05, 0.1) is 18.3 Å². The quantitative estimate of drug-likeness (QED) is 0.816. The molecule has 1 aromatic heterocycles. The molecule has 0 fully saturated rings. The molecule has 3 rings (SSSR count). The van der Waals surface area contributed by atoms with Crippen molar-refractivity contribution in [1.29, 1.82) is 0 Å². The van der Waals surface area contributed by atoms with Gasteiger partial charge in [-0.3, -0.25) is 9.69 Å². The van der Waals surface area contributed by atoms with Crippen molar-refractivity contribution in [3.63, 3.8) is 0 Å². The number of amides is 1. The Balaban J connectivity index is 2.00. The average Bonchev–Trinajstić information content (AvgIpc) is 3.17. The summed E-state index contributed by atoms with van der Waals surface area (Å²) in [5, 5.41) is 0.908. The van der Waals surface area contributed by atoms with Crippen molar-refractivity contribution in [1.82, 2.24) is 4.98 Å². The fourth-order valence-corrected chi connectivity index (χ4v) is 3.45.